The average Bonchev–Trinajstić information content (AvgIpc) is 3.25. The van der Waals surface area contributed by atoms with Crippen molar-refractivity contribution in [3.05, 3.63) is 39.7 Å². The molecule has 2 aliphatic heterocycles. The summed E-state index contributed by atoms with van der Waals surface area (Å²) in [6.07, 6.45) is 4.04. The molecule has 7 heteroatoms. The van der Waals surface area contributed by atoms with Crippen molar-refractivity contribution in [2.75, 3.05) is 19.7 Å². The number of fused-ring (bicyclic) bond motifs is 2. The maximum atomic E-state index is 12.5. The van der Waals surface area contributed by atoms with E-state index in [2.05, 4.69) is 16.4 Å². The summed E-state index contributed by atoms with van der Waals surface area (Å²) in [6, 6.07) is 2.20. The quantitative estimate of drug-likeness (QED) is 0.908. The van der Waals surface area contributed by atoms with Gasteiger partial charge in [0, 0.05) is 18.0 Å². The largest absolute Gasteiger partial charge is 0.447 e. The first kappa shape index (κ1) is 14.9. The van der Waals surface area contributed by atoms with Crippen LogP contribution in [0.2, 0.25) is 0 Å². The van der Waals surface area contributed by atoms with Crippen molar-refractivity contribution in [2.24, 2.45) is 5.73 Å². The fourth-order valence-electron chi connectivity index (χ4n) is 3.46. The number of nitrogens with two attached hydrogens (primary N) is 1. The SMILES string of the molecule is NCc1nc(C(=O)N2CCC3(CC2)OCCc2ccsc23)co1. The molecule has 4 heterocycles. The topological polar surface area (TPSA) is 81.6 Å². The van der Waals surface area contributed by atoms with Crippen molar-refractivity contribution < 1.29 is 13.9 Å². The molecule has 4 rings (SSSR count). The van der Waals surface area contributed by atoms with Gasteiger partial charge in [-0.05, 0) is 36.3 Å². The third kappa shape index (κ3) is 2.49. The van der Waals surface area contributed by atoms with Gasteiger partial charge in [-0.1, -0.05) is 0 Å². The zero-order valence-corrected chi connectivity index (χ0v) is 13.6. The molecule has 0 saturated carbocycles. The van der Waals surface area contributed by atoms with E-state index in [1.54, 1.807) is 11.3 Å². The molecule has 0 unspecified atom stereocenters. The number of piperidine rings is 1. The summed E-state index contributed by atoms with van der Waals surface area (Å²) in [5.74, 6) is 0.297. The number of likely N-dealkylation sites (tertiary alicyclic amines) is 1. The van der Waals surface area contributed by atoms with Crippen molar-refractivity contribution in [3.8, 4) is 0 Å². The van der Waals surface area contributed by atoms with Gasteiger partial charge < -0.3 is 19.8 Å². The summed E-state index contributed by atoms with van der Waals surface area (Å²) in [6.45, 7) is 2.30. The van der Waals surface area contributed by atoms with E-state index in [1.807, 2.05) is 4.90 Å². The average molecular weight is 333 g/mol. The highest BCUT2D eigenvalue weighted by Gasteiger charge is 2.42. The van der Waals surface area contributed by atoms with Crippen LogP contribution in [0.5, 0.6) is 0 Å². The highest BCUT2D eigenvalue weighted by atomic mass is 32.1. The van der Waals surface area contributed by atoms with E-state index < -0.39 is 0 Å². The Bertz CT molecular complexity index is 716. The molecule has 2 aromatic heterocycles. The Kier molecular flexibility index (Phi) is 3.71. The fraction of sp³-hybridized carbons (Fsp3) is 0.500. The van der Waals surface area contributed by atoms with E-state index in [9.17, 15) is 4.79 Å². The van der Waals surface area contributed by atoms with Gasteiger partial charge in [-0.2, -0.15) is 0 Å². The van der Waals surface area contributed by atoms with E-state index in [1.165, 1.54) is 16.7 Å². The first-order valence-corrected chi connectivity index (χ1v) is 8.74. The predicted molar refractivity (Wildman–Crippen MR) is 85.2 cm³/mol. The lowest BCUT2D eigenvalue weighted by Gasteiger charge is -2.43. The summed E-state index contributed by atoms with van der Waals surface area (Å²) < 4.78 is 11.3. The van der Waals surface area contributed by atoms with Gasteiger partial charge in [-0.3, -0.25) is 4.79 Å². The van der Waals surface area contributed by atoms with Crippen LogP contribution in [0.1, 0.15) is 39.7 Å². The number of amides is 1. The van der Waals surface area contributed by atoms with Crippen LogP contribution in [0.15, 0.2) is 22.1 Å². The monoisotopic (exact) mass is 333 g/mol. The zero-order chi connectivity index (χ0) is 15.9. The van der Waals surface area contributed by atoms with Crippen LogP contribution in [0.25, 0.3) is 0 Å². The molecule has 122 valence electrons. The number of hydrogen-bond donors (Lipinski definition) is 1. The maximum absolute atomic E-state index is 12.5. The van der Waals surface area contributed by atoms with Crippen molar-refractivity contribution >= 4 is 17.2 Å². The number of carbonyl (C=O) groups is 1. The number of nitrogens with zero attached hydrogens (tertiary/aromatic N) is 2. The second kappa shape index (κ2) is 5.74. The van der Waals surface area contributed by atoms with Gasteiger partial charge in [0.15, 0.2) is 5.69 Å². The highest BCUT2D eigenvalue weighted by Crippen LogP contribution is 2.44. The minimum absolute atomic E-state index is 0.0921. The molecule has 1 saturated heterocycles. The van der Waals surface area contributed by atoms with Crippen LogP contribution in [0.3, 0.4) is 0 Å². The van der Waals surface area contributed by atoms with Crippen molar-refractivity contribution in [1.82, 2.24) is 9.88 Å². The standard InChI is InChI=1S/C16H19N3O3S/c17-9-13-18-12(10-21-13)15(20)19-5-3-16(4-6-19)14-11(1-7-22-16)2-8-23-14/h2,8,10H,1,3-7,9,17H2. The zero-order valence-electron chi connectivity index (χ0n) is 12.8. The minimum atomic E-state index is -0.204. The van der Waals surface area contributed by atoms with Crippen LogP contribution in [-0.2, 0) is 23.3 Å². The number of aromatic nitrogens is 1. The third-order valence-electron chi connectivity index (χ3n) is 4.71. The van der Waals surface area contributed by atoms with E-state index in [0.29, 0.717) is 24.7 Å². The summed E-state index contributed by atoms with van der Waals surface area (Å²) >= 11 is 1.77. The maximum Gasteiger partial charge on any atom is 0.275 e. The molecule has 2 aromatic rings. The molecule has 2 aliphatic rings. The first-order valence-electron chi connectivity index (χ1n) is 7.86. The Morgan fingerprint density at radius 2 is 2.26 bits per heavy atom. The molecule has 6 nitrogen and oxygen atoms in total. The molecular weight excluding hydrogens is 314 g/mol. The summed E-state index contributed by atoms with van der Waals surface area (Å²) in [5.41, 5.74) is 7.01. The number of hydrogen-bond acceptors (Lipinski definition) is 6. The number of thiophene rings is 1. The lowest BCUT2D eigenvalue weighted by atomic mass is 9.85. The van der Waals surface area contributed by atoms with Gasteiger partial charge in [-0.15, -0.1) is 11.3 Å². The van der Waals surface area contributed by atoms with Gasteiger partial charge in [0.1, 0.15) is 11.9 Å². The lowest BCUT2D eigenvalue weighted by molar-refractivity contribution is -0.0906. The Morgan fingerprint density at radius 3 is 3.00 bits per heavy atom. The van der Waals surface area contributed by atoms with Crippen molar-refractivity contribution in [1.29, 1.82) is 0 Å². The molecule has 1 spiro atoms. The number of rotatable bonds is 2. The molecule has 2 N–H and O–H groups in total. The third-order valence-corrected chi connectivity index (χ3v) is 5.86. The molecule has 1 amide bonds. The van der Waals surface area contributed by atoms with Gasteiger partial charge in [0.25, 0.3) is 5.91 Å². The molecule has 0 aromatic carbocycles. The molecule has 0 bridgehead atoms. The van der Waals surface area contributed by atoms with Gasteiger partial charge >= 0.3 is 0 Å². The van der Waals surface area contributed by atoms with E-state index in [0.717, 1.165) is 25.9 Å². The van der Waals surface area contributed by atoms with Crippen LogP contribution in [0, 0.1) is 0 Å². The van der Waals surface area contributed by atoms with Gasteiger partial charge in [-0.25, -0.2) is 4.98 Å². The Labute approximate surface area is 138 Å². The molecule has 0 aliphatic carbocycles. The second-order valence-corrected chi connectivity index (χ2v) is 6.91. The smallest absolute Gasteiger partial charge is 0.275 e. The number of oxazole rings is 1. The Balaban J connectivity index is 1.48. The van der Waals surface area contributed by atoms with Crippen molar-refractivity contribution in [3.63, 3.8) is 0 Å². The summed E-state index contributed by atoms with van der Waals surface area (Å²) in [4.78, 5) is 19.8. The first-order chi connectivity index (χ1) is 11.2. The lowest BCUT2D eigenvalue weighted by Crippen LogP contribution is -2.48. The Morgan fingerprint density at radius 1 is 1.43 bits per heavy atom. The van der Waals surface area contributed by atoms with Crippen molar-refractivity contribution in [2.45, 2.75) is 31.4 Å². The van der Waals surface area contributed by atoms with Crippen LogP contribution >= 0.6 is 11.3 Å². The number of carbonyl (C=O) groups excluding carboxylic acids is 1. The molecule has 23 heavy (non-hydrogen) atoms. The highest BCUT2D eigenvalue weighted by molar-refractivity contribution is 7.10. The minimum Gasteiger partial charge on any atom is -0.447 e. The molecule has 0 radical (unpaired) electrons. The second-order valence-electron chi connectivity index (χ2n) is 5.99. The van der Waals surface area contributed by atoms with E-state index >= 15 is 0 Å². The Hall–Kier alpha value is -1.70. The van der Waals surface area contributed by atoms with Crippen LogP contribution in [0.4, 0.5) is 0 Å². The van der Waals surface area contributed by atoms with E-state index in [-0.39, 0.29) is 18.1 Å². The van der Waals surface area contributed by atoms with Crippen LogP contribution < -0.4 is 5.73 Å². The molecule has 0 atom stereocenters. The predicted octanol–water partition coefficient (Wildman–Crippen LogP) is 1.90. The molecule has 1 fully saturated rings. The fourth-order valence-corrected chi connectivity index (χ4v) is 4.63. The normalized spacial score (nSPS) is 19.8. The van der Waals surface area contributed by atoms with Crippen LogP contribution in [-0.4, -0.2) is 35.5 Å². The summed E-state index contributed by atoms with van der Waals surface area (Å²) in [7, 11) is 0. The van der Waals surface area contributed by atoms with Gasteiger partial charge in [0.05, 0.1) is 13.2 Å². The van der Waals surface area contributed by atoms with Gasteiger partial charge in [0.2, 0.25) is 5.89 Å². The summed E-state index contributed by atoms with van der Waals surface area (Å²) in [5, 5.41) is 2.14. The number of ether oxygens (including phenoxy) is 1. The molecular formula is C16H19N3O3S. The van der Waals surface area contributed by atoms with E-state index in [4.69, 9.17) is 14.9 Å².